The maximum atomic E-state index is 12.0. The summed E-state index contributed by atoms with van der Waals surface area (Å²) < 4.78 is 55.3. The summed E-state index contributed by atoms with van der Waals surface area (Å²) in [6.45, 7) is 0.246. The molecule has 4 N–H and O–H groups in total. The molecule has 0 aliphatic rings. The van der Waals surface area contributed by atoms with Crippen molar-refractivity contribution in [3.05, 3.63) is 18.2 Å². The molecule has 0 fully saturated rings. The van der Waals surface area contributed by atoms with Gasteiger partial charge in [0.25, 0.3) is 0 Å². The largest absolute Gasteiger partial charge is 0.497 e. The van der Waals surface area contributed by atoms with Crippen LogP contribution in [0.4, 0.5) is 5.69 Å². The fourth-order valence-corrected chi connectivity index (χ4v) is 3.23. The summed E-state index contributed by atoms with van der Waals surface area (Å²) in [5, 5.41) is 0. The van der Waals surface area contributed by atoms with Gasteiger partial charge in [0.1, 0.15) is 10.6 Å². The summed E-state index contributed by atoms with van der Waals surface area (Å²) in [5.74, 6) is 0.462. The van der Waals surface area contributed by atoms with Gasteiger partial charge in [-0.3, -0.25) is 0 Å². The Hall–Kier alpha value is -1.36. The lowest BCUT2D eigenvalue weighted by Crippen LogP contribution is -2.29. The zero-order valence-corrected chi connectivity index (χ0v) is 13.4. The number of hydrogen-bond acceptors (Lipinski definition) is 6. The number of sulfonamides is 2. The summed E-state index contributed by atoms with van der Waals surface area (Å²) in [6.07, 6.45) is 1.36. The van der Waals surface area contributed by atoms with Crippen LogP contribution in [0.5, 0.6) is 5.75 Å². The van der Waals surface area contributed by atoms with Gasteiger partial charge < -0.3 is 10.5 Å². The normalized spacial score (nSPS) is 12.3. The second-order valence-corrected chi connectivity index (χ2v) is 7.89. The van der Waals surface area contributed by atoms with Crippen LogP contribution in [0, 0.1) is 0 Å². The molecule has 0 unspecified atom stereocenters. The highest BCUT2D eigenvalue weighted by Crippen LogP contribution is 2.23. The molecule has 0 aliphatic carbocycles. The van der Waals surface area contributed by atoms with Crippen LogP contribution in [-0.4, -0.2) is 43.3 Å². The number of methoxy groups -OCH3 is 1. The molecular weight excluding hydrogens is 318 g/mol. The Morgan fingerprint density at radius 3 is 2.29 bits per heavy atom. The maximum Gasteiger partial charge on any atom is 0.242 e. The van der Waals surface area contributed by atoms with Crippen LogP contribution in [-0.2, 0) is 20.0 Å². The molecule has 0 saturated heterocycles. The lowest BCUT2D eigenvalue weighted by Gasteiger charge is -2.10. The number of ether oxygens (including phenoxy) is 1. The van der Waals surface area contributed by atoms with E-state index in [-0.39, 0.29) is 23.7 Å². The minimum Gasteiger partial charge on any atom is -0.497 e. The van der Waals surface area contributed by atoms with Crippen molar-refractivity contribution >= 4 is 25.7 Å². The highest BCUT2D eigenvalue weighted by atomic mass is 32.2. The number of nitrogens with one attached hydrogen (secondary N) is 2. The molecule has 21 heavy (non-hydrogen) atoms. The van der Waals surface area contributed by atoms with Crippen molar-refractivity contribution in [3.63, 3.8) is 0 Å². The predicted octanol–water partition coefficient (Wildman–Crippen LogP) is -0.505. The first kappa shape index (κ1) is 17.7. The van der Waals surface area contributed by atoms with Crippen molar-refractivity contribution in [2.45, 2.75) is 11.3 Å². The zero-order valence-electron chi connectivity index (χ0n) is 11.8. The molecule has 0 radical (unpaired) electrons. The quantitative estimate of drug-likeness (QED) is 0.433. The van der Waals surface area contributed by atoms with Gasteiger partial charge in [0.2, 0.25) is 20.0 Å². The van der Waals surface area contributed by atoms with Gasteiger partial charge in [-0.2, -0.15) is 0 Å². The molecule has 1 aromatic rings. The molecule has 0 amide bonds. The Labute approximate surface area is 124 Å². The molecule has 0 spiro atoms. The first-order chi connectivity index (χ1) is 9.65. The van der Waals surface area contributed by atoms with Crippen LogP contribution in [0.3, 0.4) is 0 Å². The number of anilines is 1. The molecule has 0 heterocycles. The minimum absolute atomic E-state index is 0.0422. The van der Waals surface area contributed by atoms with Gasteiger partial charge in [-0.1, -0.05) is 0 Å². The smallest absolute Gasteiger partial charge is 0.242 e. The molecular formula is C11H19N3O5S2. The van der Waals surface area contributed by atoms with E-state index in [9.17, 15) is 16.8 Å². The number of nitrogen functional groups attached to an aromatic ring is 1. The van der Waals surface area contributed by atoms with Gasteiger partial charge in [0.05, 0.1) is 19.1 Å². The van der Waals surface area contributed by atoms with Crippen molar-refractivity contribution in [2.75, 3.05) is 32.2 Å². The van der Waals surface area contributed by atoms with Gasteiger partial charge in [-0.15, -0.1) is 0 Å². The number of nitrogens with two attached hydrogens (primary N) is 1. The molecule has 0 saturated carbocycles. The average Bonchev–Trinajstić information content (AvgIpc) is 2.36. The molecule has 0 atom stereocenters. The third-order valence-corrected chi connectivity index (χ3v) is 4.78. The molecule has 10 heteroatoms. The Balaban J connectivity index is 2.62. The van der Waals surface area contributed by atoms with E-state index in [1.807, 2.05) is 0 Å². The first-order valence-electron chi connectivity index (χ1n) is 6.03. The first-order valence-corrected chi connectivity index (χ1v) is 9.41. The van der Waals surface area contributed by atoms with Gasteiger partial charge >= 0.3 is 0 Å². The molecule has 0 aliphatic heterocycles. The van der Waals surface area contributed by atoms with Crippen LogP contribution in [0.1, 0.15) is 6.42 Å². The SMILES string of the molecule is COc1ccc(S(=O)(=O)NCCCNS(C)(=O)=O)c(N)c1. The van der Waals surface area contributed by atoms with E-state index in [1.165, 1.54) is 25.3 Å². The van der Waals surface area contributed by atoms with Gasteiger partial charge in [-0.25, -0.2) is 26.3 Å². The standard InChI is InChI=1S/C11H19N3O5S2/c1-19-9-4-5-11(10(12)8-9)21(17,18)14-7-3-6-13-20(2,15)16/h4-5,8,13-14H,3,6-7,12H2,1-2H3. The summed E-state index contributed by atoms with van der Waals surface area (Å²) in [7, 11) is -5.55. The van der Waals surface area contributed by atoms with Gasteiger partial charge in [0, 0.05) is 19.2 Å². The van der Waals surface area contributed by atoms with Crippen molar-refractivity contribution < 1.29 is 21.6 Å². The van der Waals surface area contributed by atoms with E-state index >= 15 is 0 Å². The Bertz CT molecular complexity index is 686. The minimum atomic E-state index is -3.74. The van der Waals surface area contributed by atoms with E-state index in [4.69, 9.17) is 10.5 Å². The lowest BCUT2D eigenvalue weighted by atomic mass is 10.3. The zero-order chi connectivity index (χ0) is 16.1. The molecule has 1 rings (SSSR count). The number of hydrogen-bond donors (Lipinski definition) is 3. The predicted molar refractivity (Wildman–Crippen MR) is 80.1 cm³/mol. The highest BCUT2D eigenvalue weighted by molar-refractivity contribution is 7.89. The van der Waals surface area contributed by atoms with Crippen molar-refractivity contribution in [2.24, 2.45) is 0 Å². The molecule has 0 bridgehead atoms. The summed E-state index contributed by atoms with van der Waals surface area (Å²) in [6, 6.07) is 4.27. The highest BCUT2D eigenvalue weighted by Gasteiger charge is 2.17. The second-order valence-electron chi connectivity index (χ2n) is 4.32. The van der Waals surface area contributed by atoms with Gasteiger partial charge in [0.15, 0.2) is 0 Å². The third kappa shape index (κ3) is 5.87. The topological polar surface area (TPSA) is 128 Å². The fraction of sp³-hybridized carbons (Fsp3) is 0.455. The average molecular weight is 337 g/mol. The summed E-state index contributed by atoms with van der Waals surface area (Å²) >= 11 is 0. The molecule has 1 aromatic carbocycles. The Morgan fingerprint density at radius 1 is 1.14 bits per heavy atom. The lowest BCUT2D eigenvalue weighted by molar-refractivity contribution is 0.414. The van der Waals surface area contributed by atoms with E-state index in [0.717, 1.165) is 6.26 Å². The number of rotatable bonds is 8. The molecule has 0 aromatic heterocycles. The van der Waals surface area contributed by atoms with Crippen LogP contribution in [0.25, 0.3) is 0 Å². The Kier molecular flexibility index (Phi) is 5.96. The van der Waals surface area contributed by atoms with Crippen LogP contribution >= 0.6 is 0 Å². The Morgan fingerprint density at radius 2 is 1.76 bits per heavy atom. The number of benzene rings is 1. The summed E-state index contributed by atoms with van der Waals surface area (Å²) in [4.78, 5) is -0.0422. The van der Waals surface area contributed by atoms with E-state index in [1.54, 1.807) is 0 Å². The van der Waals surface area contributed by atoms with Crippen LogP contribution < -0.4 is 19.9 Å². The molecule has 8 nitrogen and oxygen atoms in total. The van der Waals surface area contributed by atoms with E-state index in [2.05, 4.69) is 9.44 Å². The third-order valence-electron chi connectivity index (χ3n) is 2.52. The molecule has 120 valence electrons. The van der Waals surface area contributed by atoms with Crippen molar-refractivity contribution in [3.8, 4) is 5.75 Å². The van der Waals surface area contributed by atoms with Crippen molar-refractivity contribution in [1.29, 1.82) is 0 Å². The van der Waals surface area contributed by atoms with Crippen LogP contribution in [0.2, 0.25) is 0 Å². The fourth-order valence-electron chi connectivity index (χ4n) is 1.53. The van der Waals surface area contributed by atoms with Gasteiger partial charge in [-0.05, 0) is 18.6 Å². The van der Waals surface area contributed by atoms with E-state index in [0.29, 0.717) is 12.2 Å². The van der Waals surface area contributed by atoms with Crippen LogP contribution in [0.15, 0.2) is 23.1 Å². The summed E-state index contributed by atoms with van der Waals surface area (Å²) in [5.41, 5.74) is 5.76. The second kappa shape index (κ2) is 7.07. The monoisotopic (exact) mass is 337 g/mol. The van der Waals surface area contributed by atoms with Crippen molar-refractivity contribution in [1.82, 2.24) is 9.44 Å². The van der Waals surface area contributed by atoms with E-state index < -0.39 is 20.0 Å². The maximum absolute atomic E-state index is 12.0.